The molecular formula is C20H11ClN3O3S-. The normalized spacial score (nSPS) is 11.3. The van der Waals surface area contributed by atoms with E-state index >= 15 is 0 Å². The molecule has 0 N–H and O–H groups in total. The summed E-state index contributed by atoms with van der Waals surface area (Å²) < 4.78 is 1.09. The van der Waals surface area contributed by atoms with Gasteiger partial charge in [0.15, 0.2) is 0 Å². The number of halogens is 1. The van der Waals surface area contributed by atoms with Crippen molar-refractivity contribution in [1.82, 2.24) is 4.98 Å². The lowest BCUT2D eigenvalue weighted by atomic mass is 10.2. The second kappa shape index (κ2) is 7.38. The fraction of sp³-hybridized carbons (Fsp3) is 0. The second-order valence-corrected chi connectivity index (χ2v) is 7.36. The molecule has 0 aliphatic rings. The molecule has 0 saturated heterocycles. The maximum absolute atomic E-state index is 12.2. The minimum absolute atomic E-state index is 0.0598. The summed E-state index contributed by atoms with van der Waals surface area (Å²) in [6.45, 7) is 0. The van der Waals surface area contributed by atoms with Crippen molar-refractivity contribution in [2.45, 2.75) is 0 Å². The van der Waals surface area contributed by atoms with Crippen LogP contribution in [-0.2, 0) is 0 Å². The number of aromatic nitrogens is 1. The maximum Gasteiger partial charge on any atom is 0.263 e. The molecule has 0 bridgehead atoms. The molecule has 0 fully saturated rings. The molecule has 0 atom stereocenters. The Kier molecular flexibility index (Phi) is 4.77. The minimum Gasteiger partial charge on any atom is -0.867 e. The number of nitrogens with zero attached hydrogens (tertiary/aromatic N) is 3. The van der Waals surface area contributed by atoms with Crippen molar-refractivity contribution in [2.75, 3.05) is 0 Å². The van der Waals surface area contributed by atoms with Crippen LogP contribution >= 0.6 is 22.9 Å². The Bertz CT molecular complexity index is 1200. The summed E-state index contributed by atoms with van der Waals surface area (Å²) in [5.74, 6) is -0.722. The van der Waals surface area contributed by atoms with Crippen molar-refractivity contribution in [2.24, 2.45) is 4.99 Å². The summed E-state index contributed by atoms with van der Waals surface area (Å²) in [6.07, 6.45) is 1.29. The Hall–Kier alpha value is -3.29. The zero-order valence-electron chi connectivity index (χ0n) is 14.2. The van der Waals surface area contributed by atoms with Crippen LogP contribution < -0.4 is 5.11 Å². The molecule has 8 heteroatoms. The predicted molar refractivity (Wildman–Crippen MR) is 110 cm³/mol. The molecule has 0 saturated carbocycles. The molecule has 1 heterocycles. The summed E-state index contributed by atoms with van der Waals surface area (Å²) in [4.78, 5) is 19.1. The third-order valence-electron chi connectivity index (χ3n) is 4.00. The van der Waals surface area contributed by atoms with E-state index < -0.39 is 16.4 Å². The molecule has 4 aromatic rings. The van der Waals surface area contributed by atoms with E-state index in [1.165, 1.54) is 12.3 Å². The number of benzene rings is 3. The lowest BCUT2D eigenvalue weighted by molar-refractivity contribution is -0.398. The van der Waals surface area contributed by atoms with Gasteiger partial charge in [-0.05, 0) is 41.6 Å². The van der Waals surface area contributed by atoms with Crippen molar-refractivity contribution in [3.05, 3.63) is 81.4 Å². The van der Waals surface area contributed by atoms with Gasteiger partial charge in [-0.1, -0.05) is 35.9 Å². The van der Waals surface area contributed by atoms with Crippen molar-refractivity contribution < 1.29 is 10.0 Å². The van der Waals surface area contributed by atoms with Crippen molar-refractivity contribution in [3.63, 3.8) is 0 Å². The second-order valence-electron chi connectivity index (χ2n) is 5.90. The van der Waals surface area contributed by atoms with E-state index in [1.807, 2.05) is 42.5 Å². The molecule has 0 radical (unpaired) electrons. The fourth-order valence-corrected chi connectivity index (χ4v) is 3.87. The molecule has 0 amide bonds. The highest BCUT2D eigenvalue weighted by molar-refractivity contribution is 7.21. The average molecular weight is 409 g/mol. The molecule has 138 valence electrons. The topological polar surface area (TPSA) is 91.5 Å². The van der Waals surface area contributed by atoms with Gasteiger partial charge in [0.05, 0.1) is 20.8 Å². The number of aliphatic imine (C=N–C) groups is 1. The first-order chi connectivity index (χ1) is 13.5. The van der Waals surface area contributed by atoms with Crippen molar-refractivity contribution in [3.8, 4) is 16.3 Å². The van der Waals surface area contributed by atoms with Gasteiger partial charge in [0.1, 0.15) is 5.01 Å². The smallest absolute Gasteiger partial charge is 0.263 e. The molecule has 0 aliphatic carbocycles. The molecule has 1 aromatic heterocycles. The van der Waals surface area contributed by atoms with Gasteiger partial charge in [0.2, 0.25) is 0 Å². The van der Waals surface area contributed by atoms with Gasteiger partial charge >= 0.3 is 0 Å². The Morgan fingerprint density at radius 3 is 2.71 bits per heavy atom. The zero-order chi connectivity index (χ0) is 19.7. The third-order valence-corrected chi connectivity index (χ3v) is 5.30. The van der Waals surface area contributed by atoms with E-state index in [-0.39, 0.29) is 10.6 Å². The maximum atomic E-state index is 12.2. The number of nitro groups is 1. The van der Waals surface area contributed by atoms with Gasteiger partial charge in [-0.3, -0.25) is 15.1 Å². The fourth-order valence-electron chi connectivity index (χ4n) is 2.69. The highest BCUT2D eigenvalue weighted by Crippen LogP contribution is 2.33. The summed E-state index contributed by atoms with van der Waals surface area (Å²) >= 11 is 7.46. The zero-order valence-corrected chi connectivity index (χ0v) is 15.8. The SMILES string of the molecule is O=[N+]([O-])c1cc(Cl)cc(C=Nc2cccc(-c3nc4ccccc4s3)c2)c1[O-]. The van der Waals surface area contributed by atoms with Crippen LogP contribution in [0, 0.1) is 10.1 Å². The first-order valence-electron chi connectivity index (χ1n) is 8.16. The molecule has 4 rings (SSSR count). The Morgan fingerprint density at radius 2 is 1.93 bits per heavy atom. The molecule has 6 nitrogen and oxygen atoms in total. The van der Waals surface area contributed by atoms with E-state index in [0.29, 0.717) is 5.69 Å². The molecule has 0 unspecified atom stereocenters. The highest BCUT2D eigenvalue weighted by Gasteiger charge is 2.11. The predicted octanol–water partition coefficient (Wildman–Crippen LogP) is 5.35. The van der Waals surface area contributed by atoms with Gasteiger partial charge in [0.25, 0.3) is 5.69 Å². The van der Waals surface area contributed by atoms with Crippen LogP contribution in [0.3, 0.4) is 0 Å². The number of hydrogen-bond acceptors (Lipinski definition) is 6. The van der Waals surface area contributed by atoms with Gasteiger partial charge in [0, 0.05) is 22.9 Å². The van der Waals surface area contributed by atoms with Gasteiger partial charge in [-0.2, -0.15) is 0 Å². The van der Waals surface area contributed by atoms with E-state index in [2.05, 4.69) is 9.98 Å². The number of fused-ring (bicyclic) bond motifs is 1. The van der Waals surface area contributed by atoms with Gasteiger partial charge in [-0.25, -0.2) is 4.98 Å². The summed E-state index contributed by atoms with van der Waals surface area (Å²) in [5, 5.41) is 24.1. The van der Waals surface area contributed by atoms with Crippen LogP contribution in [0.5, 0.6) is 5.75 Å². The number of para-hydroxylation sites is 1. The number of nitro benzene ring substituents is 1. The van der Waals surface area contributed by atoms with Crippen molar-refractivity contribution >= 4 is 50.7 Å². The Morgan fingerprint density at radius 1 is 1.11 bits per heavy atom. The standard InChI is InChI=1S/C20H12ClN3O3S/c21-14-8-13(19(25)17(10-14)24(26)27)11-22-15-5-3-4-12(9-15)20-23-16-6-1-2-7-18(16)28-20/h1-11,25H/p-1. The minimum atomic E-state index is -0.751. The van der Waals surface area contributed by atoms with Crippen LogP contribution in [0.15, 0.2) is 65.7 Å². The largest absolute Gasteiger partial charge is 0.867 e. The lowest BCUT2D eigenvalue weighted by Gasteiger charge is -2.10. The Labute approximate surface area is 168 Å². The summed E-state index contributed by atoms with van der Waals surface area (Å²) in [5.41, 5.74) is 1.91. The molecular weight excluding hydrogens is 398 g/mol. The third kappa shape index (κ3) is 3.58. The Balaban J connectivity index is 1.68. The van der Waals surface area contributed by atoms with Crippen molar-refractivity contribution in [1.29, 1.82) is 0 Å². The van der Waals surface area contributed by atoms with Crippen LogP contribution in [0.4, 0.5) is 11.4 Å². The molecule has 0 aliphatic heterocycles. The van der Waals surface area contributed by atoms with E-state index in [9.17, 15) is 15.2 Å². The summed E-state index contributed by atoms with van der Waals surface area (Å²) in [7, 11) is 0. The first kappa shape index (κ1) is 18.1. The quantitative estimate of drug-likeness (QED) is 0.258. The van der Waals surface area contributed by atoms with Crippen LogP contribution in [0.2, 0.25) is 5.02 Å². The first-order valence-corrected chi connectivity index (χ1v) is 9.36. The average Bonchev–Trinajstić information content (AvgIpc) is 3.13. The number of thiazole rings is 1. The van der Waals surface area contributed by atoms with Crippen LogP contribution in [0.25, 0.3) is 20.8 Å². The number of hydrogen-bond donors (Lipinski definition) is 0. The van der Waals surface area contributed by atoms with Crippen LogP contribution in [0.1, 0.15) is 5.56 Å². The summed E-state index contributed by atoms with van der Waals surface area (Å²) in [6, 6.07) is 17.7. The molecule has 28 heavy (non-hydrogen) atoms. The van der Waals surface area contributed by atoms with Crippen LogP contribution in [-0.4, -0.2) is 16.1 Å². The number of rotatable bonds is 4. The van der Waals surface area contributed by atoms with Gasteiger partial charge < -0.3 is 5.11 Å². The highest BCUT2D eigenvalue weighted by atomic mass is 35.5. The van der Waals surface area contributed by atoms with E-state index in [1.54, 1.807) is 17.4 Å². The monoisotopic (exact) mass is 408 g/mol. The van der Waals surface area contributed by atoms with Gasteiger partial charge in [-0.15, -0.1) is 11.3 Å². The molecule has 3 aromatic carbocycles. The van der Waals surface area contributed by atoms with E-state index in [0.717, 1.165) is 26.9 Å². The van der Waals surface area contributed by atoms with E-state index in [4.69, 9.17) is 11.6 Å². The lowest BCUT2D eigenvalue weighted by Crippen LogP contribution is -2.02. The molecule has 0 spiro atoms.